The number of anilines is 1. The second kappa shape index (κ2) is 6.21. The summed E-state index contributed by atoms with van der Waals surface area (Å²) in [4.78, 5) is 12.9. The molecule has 0 radical (unpaired) electrons. The number of esters is 1. The normalized spacial score (nSPS) is 10.6. The maximum atomic E-state index is 12.0. The number of halogens is 1. The van der Waals surface area contributed by atoms with Crippen molar-refractivity contribution in [3.8, 4) is 10.6 Å². The summed E-state index contributed by atoms with van der Waals surface area (Å²) in [5.74, 6) is 0.113. The number of hydrogen-bond donors (Lipinski definition) is 1. The lowest BCUT2D eigenvalue weighted by atomic mass is 10.2. The Hall–Kier alpha value is -2.31. The smallest absolute Gasteiger partial charge is 0.340 e. The first-order chi connectivity index (χ1) is 10.6. The molecule has 3 rings (SSSR count). The van der Waals surface area contributed by atoms with E-state index in [2.05, 4.69) is 5.16 Å². The number of nitrogen functional groups attached to an aromatic ring is 1. The van der Waals surface area contributed by atoms with Crippen molar-refractivity contribution in [3.05, 3.63) is 58.1 Å². The van der Waals surface area contributed by atoms with Gasteiger partial charge in [0.25, 0.3) is 0 Å². The Labute approximate surface area is 135 Å². The van der Waals surface area contributed by atoms with Gasteiger partial charge < -0.3 is 15.0 Å². The van der Waals surface area contributed by atoms with Crippen LogP contribution < -0.4 is 5.73 Å². The van der Waals surface area contributed by atoms with Crippen molar-refractivity contribution in [2.45, 2.75) is 6.61 Å². The minimum Gasteiger partial charge on any atom is -0.455 e. The Morgan fingerprint density at radius 1 is 1.36 bits per heavy atom. The Balaban J connectivity index is 1.66. The van der Waals surface area contributed by atoms with Gasteiger partial charge in [-0.15, -0.1) is 11.3 Å². The van der Waals surface area contributed by atoms with Crippen LogP contribution in [-0.2, 0) is 11.3 Å². The Kier molecular flexibility index (Phi) is 4.13. The molecule has 2 aromatic heterocycles. The van der Waals surface area contributed by atoms with Crippen LogP contribution in [0, 0.1) is 0 Å². The lowest BCUT2D eigenvalue weighted by Crippen LogP contribution is -2.08. The number of benzene rings is 1. The largest absolute Gasteiger partial charge is 0.455 e. The molecule has 22 heavy (non-hydrogen) atoms. The summed E-state index contributed by atoms with van der Waals surface area (Å²) < 4.78 is 10.4. The van der Waals surface area contributed by atoms with Gasteiger partial charge in [-0.3, -0.25) is 0 Å². The fourth-order valence-corrected chi connectivity index (χ4v) is 2.71. The molecule has 1 aromatic carbocycles. The topological polar surface area (TPSA) is 78.4 Å². The van der Waals surface area contributed by atoms with E-state index in [4.69, 9.17) is 26.6 Å². The number of nitrogens with two attached hydrogens (primary N) is 1. The quantitative estimate of drug-likeness (QED) is 0.576. The maximum Gasteiger partial charge on any atom is 0.340 e. The third-order valence-electron chi connectivity index (χ3n) is 2.91. The van der Waals surface area contributed by atoms with E-state index < -0.39 is 5.97 Å². The molecule has 0 atom stereocenters. The minimum absolute atomic E-state index is 0.00970. The Morgan fingerprint density at radius 2 is 2.23 bits per heavy atom. The molecule has 0 aliphatic carbocycles. The van der Waals surface area contributed by atoms with Crippen molar-refractivity contribution in [1.29, 1.82) is 0 Å². The Bertz CT molecular complexity index is 799. The molecule has 5 nitrogen and oxygen atoms in total. The zero-order valence-corrected chi connectivity index (χ0v) is 12.9. The van der Waals surface area contributed by atoms with Gasteiger partial charge in [0.15, 0.2) is 5.76 Å². The molecule has 0 amide bonds. The zero-order valence-electron chi connectivity index (χ0n) is 11.3. The molecule has 0 aliphatic heterocycles. The van der Waals surface area contributed by atoms with Crippen LogP contribution in [0.1, 0.15) is 16.1 Å². The first-order valence-corrected chi connectivity index (χ1v) is 7.61. The number of ether oxygens (including phenoxy) is 1. The SMILES string of the molecule is Nc1cc(Cl)ccc1C(=O)OCc1cc(-c2cccs2)on1. The van der Waals surface area contributed by atoms with Gasteiger partial charge in [-0.1, -0.05) is 22.8 Å². The van der Waals surface area contributed by atoms with Crippen molar-refractivity contribution in [2.75, 3.05) is 5.73 Å². The number of carbonyl (C=O) groups excluding carboxylic acids is 1. The van der Waals surface area contributed by atoms with Gasteiger partial charge >= 0.3 is 5.97 Å². The molecule has 0 unspecified atom stereocenters. The predicted molar refractivity (Wildman–Crippen MR) is 84.8 cm³/mol. The second-order valence-corrected chi connectivity index (χ2v) is 5.85. The highest BCUT2D eigenvalue weighted by Crippen LogP contribution is 2.25. The van der Waals surface area contributed by atoms with Crippen molar-refractivity contribution >= 4 is 34.6 Å². The average molecular weight is 335 g/mol. The fraction of sp³-hybridized carbons (Fsp3) is 0.0667. The molecule has 3 aromatic rings. The van der Waals surface area contributed by atoms with Crippen LogP contribution in [0.5, 0.6) is 0 Å². The maximum absolute atomic E-state index is 12.0. The van der Waals surface area contributed by atoms with Crippen LogP contribution in [0.4, 0.5) is 5.69 Å². The molecule has 0 fully saturated rings. The third kappa shape index (κ3) is 3.13. The highest BCUT2D eigenvalue weighted by atomic mass is 35.5. The van der Waals surface area contributed by atoms with E-state index in [9.17, 15) is 4.79 Å². The minimum atomic E-state index is -0.533. The standard InChI is InChI=1S/C15H11ClN2O3S/c16-9-3-4-11(12(17)6-9)15(19)20-8-10-7-13(21-18-10)14-2-1-5-22-14/h1-7H,8,17H2. The van der Waals surface area contributed by atoms with E-state index in [-0.39, 0.29) is 17.9 Å². The number of aromatic nitrogens is 1. The number of carbonyl (C=O) groups is 1. The van der Waals surface area contributed by atoms with Crippen LogP contribution in [0.15, 0.2) is 46.3 Å². The molecule has 0 bridgehead atoms. The third-order valence-corrected chi connectivity index (χ3v) is 4.03. The first kappa shape index (κ1) is 14.6. The number of thiophene rings is 1. The van der Waals surface area contributed by atoms with Crippen molar-refractivity contribution < 1.29 is 14.1 Å². The molecule has 0 aliphatic rings. The lowest BCUT2D eigenvalue weighted by Gasteiger charge is -2.05. The van der Waals surface area contributed by atoms with Gasteiger partial charge in [0.2, 0.25) is 0 Å². The summed E-state index contributed by atoms with van der Waals surface area (Å²) in [6, 6.07) is 10.2. The first-order valence-electron chi connectivity index (χ1n) is 6.35. The monoisotopic (exact) mass is 334 g/mol. The Morgan fingerprint density at radius 3 is 2.95 bits per heavy atom. The van der Waals surface area contributed by atoms with Gasteiger partial charge in [0, 0.05) is 16.8 Å². The van der Waals surface area contributed by atoms with Gasteiger partial charge in [0.1, 0.15) is 12.3 Å². The number of nitrogens with zero attached hydrogens (tertiary/aromatic N) is 1. The highest BCUT2D eigenvalue weighted by Gasteiger charge is 2.14. The summed E-state index contributed by atoms with van der Waals surface area (Å²) in [6.07, 6.45) is 0. The molecule has 0 saturated heterocycles. The molecule has 2 N–H and O–H groups in total. The van der Waals surface area contributed by atoms with Gasteiger partial charge in [-0.25, -0.2) is 4.79 Å². The molecule has 7 heteroatoms. The van der Waals surface area contributed by atoms with Crippen molar-refractivity contribution in [1.82, 2.24) is 5.16 Å². The van der Waals surface area contributed by atoms with Crippen LogP contribution in [0.25, 0.3) is 10.6 Å². The van der Waals surface area contributed by atoms with E-state index in [0.29, 0.717) is 16.5 Å². The molecule has 0 saturated carbocycles. The van der Waals surface area contributed by atoms with E-state index in [0.717, 1.165) is 4.88 Å². The van der Waals surface area contributed by atoms with E-state index >= 15 is 0 Å². The lowest BCUT2D eigenvalue weighted by molar-refractivity contribution is 0.0465. The zero-order chi connectivity index (χ0) is 15.5. The van der Waals surface area contributed by atoms with Crippen LogP contribution >= 0.6 is 22.9 Å². The highest BCUT2D eigenvalue weighted by molar-refractivity contribution is 7.13. The summed E-state index contributed by atoms with van der Waals surface area (Å²) >= 11 is 7.34. The molecular weight excluding hydrogens is 324 g/mol. The summed E-state index contributed by atoms with van der Waals surface area (Å²) in [7, 11) is 0. The van der Waals surface area contributed by atoms with E-state index in [1.165, 1.54) is 12.1 Å². The number of rotatable bonds is 4. The van der Waals surface area contributed by atoms with Gasteiger partial charge in [0.05, 0.1) is 10.4 Å². The van der Waals surface area contributed by atoms with E-state index in [1.54, 1.807) is 23.5 Å². The van der Waals surface area contributed by atoms with Gasteiger partial charge in [-0.05, 0) is 29.6 Å². The van der Waals surface area contributed by atoms with Crippen molar-refractivity contribution in [2.24, 2.45) is 0 Å². The predicted octanol–water partition coefficient (Wildman–Crippen LogP) is 4.00. The van der Waals surface area contributed by atoms with Crippen LogP contribution in [0.3, 0.4) is 0 Å². The van der Waals surface area contributed by atoms with Crippen LogP contribution in [0.2, 0.25) is 5.02 Å². The van der Waals surface area contributed by atoms with Gasteiger partial charge in [-0.2, -0.15) is 0 Å². The van der Waals surface area contributed by atoms with Crippen molar-refractivity contribution in [3.63, 3.8) is 0 Å². The fourth-order valence-electron chi connectivity index (χ4n) is 1.85. The summed E-state index contributed by atoms with van der Waals surface area (Å²) in [5, 5.41) is 6.29. The molecule has 2 heterocycles. The second-order valence-electron chi connectivity index (χ2n) is 4.47. The summed E-state index contributed by atoms with van der Waals surface area (Å²) in [5.41, 5.74) is 6.82. The molecule has 112 valence electrons. The summed E-state index contributed by atoms with van der Waals surface area (Å²) in [6.45, 7) is 0.00970. The van der Waals surface area contributed by atoms with Crippen LogP contribution in [-0.4, -0.2) is 11.1 Å². The molecule has 0 spiro atoms. The molecular formula is C15H11ClN2O3S. The van der Waals surface area contributed by atoms with E-state index in [1.807, 2.05) is 17.5 Å². The number of hydrogen-bond acceptors (Lipinski definition) is 6. The average Bonchev–Trinajstić information content (AvgIpc) is 3.16.